The average Bonchev–Trinajstić information content (AvgIpc) is 2.64. The van der Waals surface area contributed by atoms with E-state index in [1.807, 2.05) is 0 Å². The summed E-state index contributed by atoms with van der Waals surface area (Å²) < 4.78 is 0. The topological polar surface area (TPSA) is 15.3 Å². The molecule has 0 unspecified atom stereocenters. The fraction of sp³-hybridized carbons (Fsp3) is 1.00. The van der Waals surface area contributed by atoms with Crippen molar-refractivity contribution in [2.45, 2.75) is 58.4 Å². The second-order valence-corrected chi connectivity index (χ2v) is 8.78. The van der Waals surface area contributed by atoms with Crippen LogP contribution in [0, 0.1) is 5.41 Å². The van der Waals surface area contributed by atoms with Gasteiger partial charge in [0.05, 0.1) is 0 Å². The maximum Gasteiger partial charge on any atom is 0.00967 e. The van der Waals surface area contributed by atoms with Crippen LogP contribution in [-0.4, -0.2) is 48.1 Å². The Hall–Kier alpha value is 0.270. The summed E-state index contributed by atoms with van der Waals surface area (Å²) in [6.45, 7) is 12.0. The van der Waals surface area contributed by atoms with Gasteiger partial charge in [0, 0.05) is 30.9 Å². The van der Waals surface area contributed by atoms with Crippen LogP contribution in [0.2, 0.25) is 0 Å². The lowest BCUT2D eigenvalue weighted by molar-refractivity contribution is 0.147. The Bertz CT molecular complexity index is 258. The minimum atomic E-state index is 0.254. The summed E-state index contributed by atoms with van der Waals surface area (Å²) in [5, 5.41) is 3.78. The number of nitrogens with zero attached hydrogens (tertiary/aromatic N) is 1. The van der Waals surface area contributed by atoms with Gasteiger partial charge in [-0.25, -0.2) is 0 Å². The first-order chi connectivity index (χ1) is 8.99. The molecule has 0 atom stereocenters. The minimum absolute atomic E-state index is 0.254. The second kappa shape index (κ2) is 6.82. The van der Waals surface area contributed by atoms with Crippen LogP contribution in [-0.2, 0) is 0 Å². The van der Waals surface area contributed by atoms with Gasteiger partial charge < -0.3 is 10.2 Å². The Morgan fingerprint density at radius 3 is 2.47 bits per heavy atom. The number of nitrogens with one attached hydrogen (secondary N) is 1. The summed E-state index contributed by atoms with van der Waals surface area (Å²) >= 11 is 2.14. The van der Waals surface area contributed by atoms with Gasteiger partial charge in [-0.05, 0) is 57.7 Å². The lowest BCUT2D eigenvalue weighted by Crippen LogP contribution is -2.48. The summed E-state index contributed by atoms with van der Waals surface area (Å²) in [7, 11) is 0. The van der Waals surface area contributed by atoms with Crippen molar-refractivity contribution in [1.82, 2.24) is 10.2 Å². The van der Waals surface area contributed by atoms with Crippen LogP contribution in [0.3, 0.4) is 0 Å². The van der Waals surface area contributed by atoms with Crippen molar-refractivity contribution >= 4 is 11.8 Å². The molecule has 1 N–H and O–H groups in total. The van der Waals surface area contributed by atoms with Gasteiger partial charge in [0.2, 0.25) is 0 Å². The molecule has 2 aliphatic rings. The number of hydrogen-bond donors (Lipinski definition) is 1. The molecule has 3 heteroatoms. The Kier molecular flexibility index (Phi) is 5.62. The fourth-order valence-electron chi connectivity index (χ4n) is 3.40. The zero-order chi connectivity index (χ0) is 13.8. The smallest absolute Gasteiger partial charge is 0.00967 e. The number of rotatable bonds is 4. The Morgan fingerprint density at radius 2 is 1.79 bits per heavy atom. The summed E-state index contributed by atoms with van der Waals surface area (Å²) in [5.74, 6) is 2.70. The van der Waals surface area contributed by atoms with E-state index in [1.54, 1.807) is 0 Å². The van der Waals surface area contributed by atoms with Crippen LogP contribution in [0.5, 0.6) is 0 Å². The number of thioether (sulfide) groups is 1. The molecule has 2 nitrogen and oxygen atoms in total. The van der Waals surface area contributed by atoms with Gasteiger partial charge in [-0.1, -0.05) is 12.8 Å². The highest BCUT2D eigenvalue weighted by Gasteiger charge is 2.36. The van der Waals surface area contributed by atoms with Gasteiger partial charge in [0.25, 0.3) is 0 Å². The third-order valence-corrected chi connectivity index (χ3v) is 5.58. The van der Waals surface area contributed by atoms with Gasteiger partial charge in [0.1, 0.15) is 0 Å². The molecule has 0 spiro atoms. The van der Waals surface area contributed by atoms with E-state index in [0.29, 0.717) is 5.41 Å². The molecule has 19 heavy (non-hydrogen) atoms. The predicted octanol–water partition coefficient (Wildman–Crippen LogP) is 3.37. The maximum absolute atomic E-state index is 3.78. The van der Waals surface area contributed by atoms with Gasteiger partial charge in [-0.3, -0.25) is 0 Å². The van der Waals surface area contributed by atoms with Crippen molar-refractivity contribution in [3.63, 3.8) is 0 Å². The molecule has 0 bridgehead atoms. The molecule has 112 valence electrons. The lowest BCUT2D eigenvalue weighted by Gasteiger charge is -2.37. The van der Waals surface area contributed by atoms with Crippen LogP contribution >= 0.6 is 11.8 Å². The van der Waals surface area contributed by atoms with Crippen LogP contribution in [0.4, 0.5) is 0 Å². The molecule has 0 aromatic rings. The minimum Gasteiger partial charge on any atom is -0.311 e. The molecule has 1 saturated heterocycles. The quantitative estimate of drug-likeness (QED) is 0.852. The molecule has 1 aliphatic heterocycles. The van der Waals surface area contributed by atoms with Crippen molar-refractivity contribution in [3.8, 4) is 0 Å². The molecule has 0 amide bonds. The van der Waals surface area contributed by atoms with E-state index in [1.165, 1.54) is 69.8 Å². The number of hydrogen-bond acceptors (Lipinski definition) is 3. The SMILES string of the molecule is CC(C)(C)NCC1(CN2CCCSCC2)CCCC1. The summed E-state index contributed by atoms with van der Waals surface area (Å²) in [6.07, 6.45) is 7.12. The Balaban J connectivity index is 1.90. The highest BCUT2D eigenvalue weighted by atomic mass is 32.2. The molecule has 0 aromatic heterocycles. The Labute approximate surface area is 124 Å². The van der Waals surface area contributed by atoms with E-state index in [-0.39, 0.29) is 5.54 Å². The lowest BCUT2D eigenvalue weighted by atomic mass is 9.84. The van der Waals surface area contributed by atoms with E-state index in [0.717, 1.165) is 0 Å². The molecular formula is C16H32N2S. The molecular weight excluding hydrogens is 252 g/mol. The maximum atomic E-state index is 3.78. The largest absolute Gasteiger partial charge is 0.311 e. The first-order valence-electron chi connectivity index (χ1n) is 8.04. The van der Waals surface area contributed by atoms with Crippen LogP contribution in [0.1, 0.15) is 52.9 Å². The third-order valence-electron chi connectivity index (χ3n) is 4.53. The molecule has 0 radical (unpaired) electrons. The van der Waals surface area contributed by atoms with Crippen molar-refractivity contribution in [3.05, 3.63) is 0 Å². The monoisotopic (exact) mass is 284 g/mol. The molecule has 0 aromatic carbocycles. The van der Waals surface area contributed by atoms with E-state index < -0.39 is 0 Å². The highest BCUT2D eigenvalue weighted by Crippen LogP contribution is 2.39. The van der Waals surface area contributed by atoms with Gasteiger partial charge in [0.15, 0.2) is 0 Å². The van der Waals surface area contributed by atoms with Crippen molar-refractivity contribution in [2.24, 2.45) is 5.41 Å². The zero-order valence-electron chi connectivity index (χ0n) is 13.1. The molecule has 2 rings (SSSR count). The highest BCUT2D eigenvalue weighted by molar-refractivity contribution is 7.99. The zero-order valence-corrected chi connectivity index (χ0v) is 14.0. The van der Waals surface area contributed by atoms with Gasteiger partial charge in [-0.15, -0.1) is 0 Å². The normalized spacial score (nSPS) is 25.4. The predicted molar refractivity (Wildman–Crippen MR) is 87.0 cm³/mol. The summed E-state index contributed by atoms with van der Waals surface area (Å²) in [6, 6.07) is 0. The van der Waals surface area contributed by atoms with E-state index in [2.05, 4.69) is 42.7 Å². The van der Waals surface area contributed by atoms with E-state index >= 15 is 0 Å². The van der Waals surface area contributed by atoms with E-state index in [4.69, 9.17) is 0 Å². The van der Waals surface area contributed by atoms with Crippen LogP contribution in [0.25, 0.3) is 0 Å². The molecule has 2 fully saturated rings. The summed E-state index contributed by atoms with van der Waals surface area (Å²) in [5.41, 5.74) is 0.812. The van der Waals surface area contributed by atoms with Crippen molar-refractivity contribution in [1.29, 1.82) is 0 Å². The van der Waals surface area contributed by atoms with E-state index in [9.17, 15) is 0 Å². The van der Waals surface area contributed by atoms with Crippen LogP contribution < -0.4 is 5.32 Å². The molecule has 1 heterocycles. The fourth-order valence-corrected chi connectivity index (χ4v) is 4.32. The third kappa shape index (κ3) is 5.28. The molecule has 1 saturated carbocycles. The molecule has 1 aliphatic carbocycles. The van der Waals surface area contributed by atoms with Crippen molar-refractivity contribution < 1.29 is 0 Å². The van der Waals surface area contributed by atoms with Gasteiger partial charge in [-0.2, -0.15) is 11.8 Å². The first-order valence-corrected chi connectivity index (χ1v) is 9.20. The van der Waals surface area contributed by atoms with Crippen molar-refractivity contribution in [2.75, 3.05) is 37.7 Å². The summed E-state index contributed by atoms with van der Waals surface area (Å²) in [4.78, 5) is 2.75. The Morgan fingerprint density at radius 1 is 1.05 bits per heavy atom. The first kappa shape index (κ1) is 15.7. The standard InChI is InChI=1S/C16H32N2S/c1-15(2,3)17-13-16(7-4-5-8-16)14-18-9-6-11-19-12-10-18/h17H,4-14H2,1-3H3. The van der Waals surface area contributed by atoms with Gasteiger partial charge >= 0.3 is 0 Å². The second-order valence-electron chi connectivity index (χ2n) is 7.55. The van der Waals surface area contributed by atoms with Crippen LogP contribution in [0.15, 0.2) is 0 Å². The average molecular weight is 285 g/mol.